The Morgan fingerprint density at radius 2 is 1.62 bits per heavy atom. The lowest BCUT2D eigenvalue weighted by molar-refractivity contribution is 0.590. The van der Waals surface area contributed by atoms with Crippen molar-refractivity contribution in [1.29, 1.82) is 0 Å². The van der Waals surface area contributed by atoms with E-state index < -0.39 is 10.0 Å². The zero-order chi connectivity index (χ0) is 11.4. The number of pyridine rings is 1. The van der Waals surface area contributed by atoms with E-state index in [1.165, 1.54) is 18.3 Å². The molecule has 1 radical (unpaired) electrons. The third kappa shape index (κ3) is 2.38. The highest BCUT2D eigenvalue weighted by Gasteiger charge is 2.15. The fourth-order valence-corrected chi connectivity index (χ4v) is 2.14. The van der Waals surface area contributed by atoms with Crippen molar-refractivity contribution in [2.75, 3.05) is 0 Å². The van der Waals surface area contributed by atoms with Gasteiger partial charge in [-0.15, -0.1) is 4.72 Å². The molecule has 5 heteroatoms. The zero-order valence-corrected chi connectivity index (χ0v) is 9.13. The van der Waals surface area contributed by atoms with E-state index in [2.05, 4.69) is 9.71 Å². The highest BCUT2D eigenvalue weighted by molar-refractivity contribution is 7.89. The van der Waals surface area contributed by atoms with Gasteiger partial charge in [0.2, 0.25) is 0 Å². The van der Waals surface area contributed by atoms with Crippen LogP contribution in [0.25, 0.3) is 0 Å². The van der Waals surface area contributed by atoms with E-state index in [4.69, 9.17) is 0 Å². The van der Waals surface area contributed by atoms with Crippen LogP contribution in [0.3, 0.4) is 0 Å². The van der Waals surface area contributed by atoms with Gasteiger partial charge in [0.1, 0.15) is 0 Å². The average molecular weight is 233 g/mol. The Bertz CT molecular complexity index is 553. The molecule has 0 aliphatic carbocycles. The van der Waals surface area contributed by atoms with E-state index in [-0.39, 0.29) is 10.7 Å². The maximum Gasteiger partial charge on any atom is 0.284 e. The molecule has 0 unspecified atom stereocenters. The normalized spacial score (nSPS) is 11.0. The van der Waals surface area contributed by atoms with Crippen molar-refractivity contribution in [3.8, 4) is 0 Å². The van der Waals surface area contributed by atoms with Crippen molar-refractivity contribution < 1.29 is 8.42 Å². The smallest absolute Gasteiger partial charge is 0.236 e. The molecule has 0 aliphatic heterocycles. The molecule has 4 nitrogen and oxygen atoms in total. The first-order valence-electron chi connectivity index (χ1n) is 4.62. The Hall–Kier alpha value is -1.88. The van der Waals surface area contributed by atoms with Crippen LogP contribution in [-0.4, -0.2) is 13.4 Å². The molecule has 81 valence electrons. The van der Waals surface area contributed by atoms with Gasteiger partial charge in [-0.05, 0) is 24.3 Å². The van der Waals surface area contributed by atoms with E-state index in [9.17, 15) is 8.42 Å². The summed E-state index contributed by atoms with van der Waals surface area (Å²) < 4.78 is 27.2. The number of benzene rings is 1. The predicted octanol–water partition coefficient (Wildman–Crippen LogP) is 1.71. The summed E-state index contributed by atoms with van der Waals surface area (Å²) in [7, 11) is -3.65. The third-order valence-electron chi connectivity index (χ3n) is 1.90. The van der Waals surface area contributed by atoms with E-state index in [0.29, 0.717) is 0 Å². The molecule has 0 saturated heterocycles. The number of hydrogen-bond donors (Lipinski definition) is 0. The molecule has 0 fully saturated rings. The van der Waals surface area contributed by atoms with Gasteiger partial charge in [-0.2, -0.15) is 8.42 Å². The van der Waals surface area contributed by atoms with Crippen LogP contribution in [0.1, 0.15) is 0 Å². The van der Waals surface area contributed by atoms with Crippen molar-refractivity contribution in [2.45, 2.75) is 4.90 Å². The van der Waals surface area contributed by atoms with Gasteiger partial charge in [0, 0.05) is 6.20 Å². The average Bonchev–Trinajstić information content (AvgIpc) is 2.31. The summed E-state index contributed by atoms with van der Waals surface area (Å²) in [5, 5.41) is 0. The summed E-state index contributed by atoms with van der Waals surface area (Å²) in [4.78, 5) is 4.01. The lowest BCUT2D eigenvalue weighted by Gasteiger charge is -2.02. The predicted molar refractivity (Wildman–Crippen MR) is 59.7 cm³/mol. The SMILES string of the molecule is O=S(=O)([N]c1ccccn1)c1ccccc1. The Labute approximate surface area is 94.0 Å². The summed E-state index contributed by atoms with van der Waals surface area (Å²) >= 11 is 0. The lowest BCUT2D eigenvalue weighted by atomic mass is 10.4. The van der Waals surface area contributed by atoms with E-state index in [1.807, 2.05) is 0 Å². The molecule has 0 N–H and O–H groups in total. The summed E-state index contributed by atoms with van der Waals surface area (Å²) in [5.41, 5.74) is 0. The molecule has 16 heavy (non-hydrogen) atoms. The second-order valence-corrected chi connectivity index (χ2v) is 4.67. The zero-order valence-electron chi connectivity index (χ0n) is 8.32. The summed E-state index contributed by atoms with van der Waals surface area (Å²) in [6, 6.07) is 13.0. The Balaban J connectivity index is 2.29. The molecular weight excluding hydrogens is 224 g/mol. The molecule has 2 rings (SSSR count). The molecule has 1 aromatic carbocycles. The maximum atomic E-state index is 11.8. The van der Waals surface area contributed by atoms with Crippen LogP contribution in [0.15, 0.2) is 59.6 Å². The van der Waals surface area contributed by atoms with Crippen molar-refractivity contribution >= 4 is 15.8 Å². The van der Waals surface area contributed by atoms with Crippen LogP contribution in [0.5, 0.6) is 0 Å². The largest absolute Gasteiger partial charge is 0.284 e. The molecule has 1 aromatic heterocycles. The molecule has 0 bridgehead atoms. The lowest BCUT2D eigenvalue weighted by Crippen LogP contribution is -2.12. The van der Waals surface area contributed by atoms with Crippen molar-refractivity contribution in [3.05, 3.63) is 54.7 Å². The van der Waals surface area contributed by atoms with Crippen LogP contribution < -0.4 is 4.72 Å². The topological polar surface area (TPSA) is 61.1 Å². The number of rotatable bonds is 3. The van der Waals surface area contributed by atoms with E-state index >= 15 is 0 Å². The number of sulfonamides is 1. The first-order valence-corrected chi connectivity index (χ1v) is 6.06. The molecular formula is C11H9N2O2S. The second kappa shape index (κ2) is 4.32. The Kier molecular flexibility index (Phi) is 2.87. The first kappa shape index (κ1) is 10.6. The summed E-state index contributed by atoms with van der Waals surface area (Å²) in [6.45, 7) is 0. The molecule has 2 aromatic rings. The van der Waals surface area contributed by atoms with Gasteiger partial charge in [-0.3, -0.25) is 0 Å². The van der Waals surface area contributed by atoms with Gasteiger partial charge < -0.3 is 0 Å². The summed E-state index contributed by atoms with van der Waals surface area (Å²) in [6.07, 6.45) is 1.50. The fraction of sp³-hybridized carbons (Fsp3) is 0. The van der Waals surface area contributed by atoms with Gasteiger partial charge in [0.05, 0.1) is 4.90 Å². The standard InChI is InChI=1S/C11H9N2O2S/c14-16(15,10-6-2-1-3-7-10)13-11-8-4-5-9-12-11/h1-9H. The molecule has 0 atom stereocenters. The van der Waals surface area contributed by atoms with Gasteiger partial charge in [0.15, 0.2) is 5.82 Å². The molecule has 0 amide bonds. The minimum atomic E-state index is -3.65. The van der Waals surface area contributed by atoms with Gasteiger partial charge in [-0.1, -0.05) is 24.3 Å². The molecule has 0 aliphatic rings. The van der Waals surface area contributed by atoms with Crippen LogP contribution in [0.4, 0.5) is 5.82 Å². The Morgan fingerprint density at radius 3 is 2.25 bits per heavy atom. The van der Waals surface area contributed by atoms with E-state index in [1.54, 1.807) is 36.4 Å². The quantitative estimate of drug-likeness (QED) is 0.810. The number of nitrogens with zero attached hydrogens (tertiary/aromatic N) is 2. The van der Waals surface area contributed by atoms with Gasteiger partial charge >= 0.3 is 0 Å². The molecule has 0 saturated carbocycles. The molecule has 0 spiro atoms. The number of aromatic nitrogens is 1. The van der Waals surface area contributed by atoms with Crippen LogP contribution in [0.2, 0.25) is 0 Å². The van der Waals surface area contributed by atoms with Crippen LogP contribution in [-0.2, 0) is 10.0 Å². The second-order valence-electron chi connectivity index (χ2n) is 3.07. The van der Waals surface area contributed by atoms with Crippen LogP contribution >= 0.6 is 0 Å². The fourth-order valence-electron chi connectivity index (χ4n) is 1.18. The van der Waals surface area contributed by atoms with Crippen molar-refractivity contribution in [3.63, 3.8) is 0 Å². The van der Waals surface area contributed by atoms with Gasteiger partial charge in [0.25, 0.3) is 10.0 Å². The van der Waals surface area contributed by atoms with Crippen molar-refractivity contribution in [2.24, 2.45) is 0 Å². The monoisotopic (exact) mass is 233 g/mol. The minimum absolute atomic E-state index is 0.167. The first-order chi connectivity index (χ1) is 7.68. The van der Waals surface area contributed by atoms with E-state index in [0.717, 1.165) is 0 Å². The van der Waals surface area contributed by atoms with Gasteiger partial charge in [-0.25, -0.2) is 4.98 Å². The summed E-state index contributed by atoms with van der Waals surface area (Å²) in [5.74, 6) is 0.186. The van der Waals surface area contributed by atoms with Crippen molar-refractivity contribution in [1.82, 2.24) is 9.71 Å². The van der Waals surface area contributed by atoms with Crippen LogP contribution in [0, 0.1) is 0 Å². The molecule has 1 heterocycles. The highest BCUT2D eigenvalue weighted by atomic mass is 32.2. The minimum Gasteiger partial charge on any atom is -0.236 e. The number of hydrogen-bond acceptors (Lipinski definition) is 3. The third-order valence-corrected chi connectivity index (χ3v) is 3.20. The Morgan fingerprint density at radius 1 is 0.938 bits per heavy atom. The highest BCUT2D eigenvalue weighted by Crippen LogP contribution is 2.13. The maximum absolute atomic E-state index is 11.8.